The van der Waals surface area contributed by atoms with E-state index in [1.807, 2.05) is 12.1 Å². The van der Waals surface area contributed by atoms with Crippen molar-refractivity contribution in [3.8, 4) is 17.1 Å². The fourth-order valence-electron chi connectivity index (χ4n) is 3.13. The smallest absolute Gasteiger partial charge is 0.236 e. The number of hydrogen-bond donors (Lipinski definition) is 0. The molecule has 0 bridgehead atoms. The van der Waals surface area contributed by atoms with Crippen LogP contribution in [0.1, 0.15) is 52.9 Å². The van der Waals surface area contributed by atoms with Crippen molar-refractivity contribution in [2.24, 2.45) is 11.8 Å². The Labute approximate surface area is 167 Å². The zero-order valence-electron chi connectivity index (χ0n) is 16.4. The SMILES string of the molecule is CCc1nc(-c2ccc(Cl)cc2Cl)c(CC)nc1OC(C(C)C)C(C)C. The van der Waals surface area contributed by atoms with E-state index in [2.05, 4.69) is 41.5 Å². The molecule has 1 heterocycles. The summed E-state index contributed by atoms with van der Waals surface area (Å²) in [5.74, 6) is 1.44. The van der Waals surface area contributed by atoms with E-state index in [9.17, 15) is 0 Å². The van der Waals surface area contributed by atoms with E-state index < -0.39 is 0 Å². The van der Waals surface area contributed by atoms with Crippen molar-refractivity contribution in [1.29, 1.82) is 0 Å². The second-order valence-electron chi connectivity index (χ2n) is 7.17. The Balaban J connectivity index is 2.54. The molecule has 0 unspecified atom stereocenters. The van der Waals surface area contributed by atoms with E-state index >= 15 is 0 Å². The van der Waals surface area contributed by atoms with Crippen LogP contribution in [0, 0.1) is 11.8 Å². The molecule has 0 fully saturated rings. The Hall–Kier alpha value is -1.32. The molecule has 0 saturated carbocycles. The maximum absolute atomic E-state index is 6.41. The highest BCUT2D eigenvalue weighted by atomic mass is 35.5. The van der Waals surface area contributed by atoms with Gasteiger partial charge in [0.2, 0.25) is 5.88 Å². The lowest BCUT2D eigenvalue weighted by atomic mass is 9.96. The van der Waals surface area contributed by atoms with Crippen LogP contribution in [-0.4, -0.2) is 16.1 Å². The highest BCUT2D eigenvalue weighted by Gasteiger charge is 2.23. The van der Waals surface area contributed by atoms with Gasteiger partial charge in [-0.3, -0.25) is 0 Å². The zero-order valence-corrected chi connectivity index (χ0v) is 17.9. The van der Waals surface area contributed by atoms with Gasteiger partial charge in [-0.25, -0.2) is 9.97 Å². The van der Waals surface area contributed by atoms with Crippen molar-refractivity contribution < 1.29 is 4.74 Å². The number of nitrogens with zero attached hydrogens (tertiary/aromatic N) is 2. The summed E-state index contributed by atoms with van der Waals surface area (Å²) in [5.41, 5.74) is 3.40. The number of rotatable bonds is 7. The summed E-state index contributed by atoms with van der Waals surface area (Å²) in [5, 5.41) is 1.19. The number of hydrogen-bond acceptors (Lipinski definition) is 3. The number of ether oxygens (including phenoxy) is 1. The normalized spacial score (nSPS) is 11.7. The summed E-state index contributed by atoms with van der Waals surface area (Å²) in [6, 6.07) is 5.47. The van der Waals surface area contributed by atoms with Gasteiger partial charge >= 0.3 is 0 Å². The van der Waals surface area contributed by atoms with E-state index in [1.54, 1.807) is 6.07 Å². The van der Waals surface area contributed by atoms with Crippen molar-refractivity contribution in [1.82, 2.24) is 9.97 Å². The van der Waals surface area contributed by atoms with Crippen LogP contribution in [0.15, 0.2) is 18.2 Å². The molecule has 2 aromatic rings. The van der Waals surface area contributed by atoms with Crippen molar-refractivity contribution in [2.45, 2.75) is 60.5 Å². The van der Waals surface area contributed by atoms with Crippen molar-refractivity contribution in [3.05, 3.63) is 39.6 Å². The van der Waals surface area contributed by atoms with Crippen LogP contribution in [0.4, 0.5) is 0 Å². The van der Waals surface area contributed by atoms with E-state index in [0.29, 0.717) is 27.8 Å². The van der Waals surface area contributed by atoms with Crippen LogP contribution < -0.4 is 4.74 Å². The first-order valence-corrected chi connectivity index (χ1v) is 10.1. The molecule has 0 N–H and O–H groups in total. The third-order valence-corrected chi connectivity index (χ3v) is 4.97. The second-order valence-corrected chi connectivity index (χ2v) is 8.02. The van der Waals surface area contributed by atoms with Crippen LogP contribution in [0.25, 0.3) is 11.3 Å². The third-order valence-electron chi connectivity index (χ3n) is 4.42. The Morgan fingerprint density at radius 3 is 2.04 bits per heavy atom. The van der Waals surface area contributed by atoms with Gasteiger partial charge in [-0.15, -0.1) is 0 Å². The number of benzene rings is 1. The maximum atomic E-state index is 6.41. The predicted octanol–water partition coefficient (Wildman–Crippen LogP) is 6.63. The van der Waals surface area contributed by atoms with Crippen molar-refractivity contribution in [3.63, 3.8) is 0 Å². The lowest BCUT2D eigenvalue weighted by molar-refractivity contribution is 0.0976. The first-order valence-electron chi connectivity index (χ1n) is 9.30. The van der Waals surface area contributed by atoms with Gasteiger partial charge in [0.15, 0.2) is 0 Å². The molecule has 1 aromatic carbocycles. The van der Waals surface area contributed by atoms with Gasteiger partial charge < -0.3 is 4.74 Å². The molecule has 1 aromatic heterocycles. The molecule has 0 aliphatic rings. The fourth-order valence-corrected chi connectivity index (χ4v) is 3.62. The molecule has 3 nitrogen and oxygen atoms in total. The standard InChI is InChI=1S/C21H28Cl2N2O/c1-7-17-19(15-10-9-14(22)11-16(15)23)24-18(8-2)21(25-17)26-20(12(3)4)13(5)6/h9-13,20H,7-8H2,1-6H3. The molecule has 0 radical (unpaired) electrons. The van der Waals surface area contributed by atoms with Gasteiger partial charge in [-0.1, -0.05) is 64.7 Å². The summed E-state index contributed by atoms with van der Waals surface area (Å²) in [6.07, 6.45) is 1.59. The molecule has 142 valence electrons. The molecule has 2 rings (SSSR count). The topological polar surface area (TPSA) is 35.0 Å². The number of halogens is 2. The summed E-state index contributed by atoms with van der Waals surface area (Å²) < 4.78 is 6.31. The molecule has 0 amide bonds. The van der Waals surface area contributed by atoms with Crippen LogP contribution >= 0.6 is 23.2 Å². The average molecular weight is 395 g/mol. The van der Waals surface area contributed by atoms with Gasteiger partial charge in [-0.05, 0) is 42.9 Å². The van der Waals surface area contributed by atoms with Crippen LogP contribution in [-0.2, 0) is 12.8 Å². The largest absolute Gasteiger partial charge is 0.473 e. The van der Waals surface area contributed by atoms with E-state index in [1.165, 1.54) is 0 Å². The second kappa shape index (κ2) is 9.05. The molecule has 0 aliphatic heterocycles. The van der Waals surface area contributed by atoms with Gasteiger partial charge in [-0.2, -0.15) is 0 Å². The lowest BCUT2D eigenvalue weighted by Gasteiger charge is -2.26. The van der Waals surface area contributed by atoms with Gasteiger partial charge in [0.25, 0.3) is 0 Å². The molecule has 26 heavy (non-hydrogen) atoms. The van der Waals surface area contributed by atoms with Crippen molar-refractivity contribution in [2.75, 3.05) is 0 Å². The Bertz CT molecular complexity index is 752. The summed E-state index contributed by atoms with van der Waals surface area (Å²) >= 11 is 12.5. The Kier molecular flexibility index (Phi) is 7.31. The molecule has 5 heteroatoms. The summed E-state index contributed by atoms with van der Waals surface area (Å²) in [4.78, 5) is 9.71. The maximum Gasteiger partial charge on any atom is 0.236 e. The number of aryl methyl sites for hydroxylation is 2. The molecule has 0 spiro atoms. The molecule has 0 atom stereocenters. The Morgan fingerprint density at radius 1 is 0.923 bits per heavy atom. The van der Waals surface area contributed by atoms with Gasteiger partial charge in [0.05, 0.1) is 16.4 Å². The quantitative estimate of drug-likeness (QED) is 0.527. The number of aromatic nitrogens is 2. The minimum absolute atomic E-state index is 0.101. The lowest BCUT2D eigenvalue weighted by Crippen LogP contribution is -2.30. The highest BCUT2D eigenvalue weighted by molar-refractivity contribution is 6.36. The minimum Gasteiger partial charge on any atom is -0.473 e. The van der Waals surface area contributed by atoms with Crippen LogP contribution in [0.5, 0.6) is 5.88 Å². The molecule has 0 saturated heterocycles. The van der Waals surface area contributed by atoms with Gasteiger partial charge in [0.1, 0.15) is 11.8 Å². The third kappa shape index (κ3) is 4.69. The van der Waals surface area contributed by atoms with E-state index in [0.717, 1.165) is 35.5 Å². The first kappa shape index (κ1) is 21.0. The van der Waals surface area contributed by atoms with E-state index in [4.69, 9.17) is 37.9 Å². The minimum atomic E-state index is 0.101. The van der Waals surface area contributed by atoms with Crippen molar-refractivity contribution >= 4 is 23.2 Å². The molecule has 0 aliphatic carbocycles. The average Bonchev–Trinajstić information content (AvgIpc) is 2.58. The fraction of sp³-hybridized carbons (Fsp3) is 0.524. The monoisotopic (exact) mass is 394 g/mol. The first-order chi connectivity index (χ1) is 12.3. The molecular weight excluding hydrogens is 367 g/mol. The Morgan fingerprint density at radius 2 is 1.54 bits per heavy atom. The summed E-state index contributed by atoms with van der Waals surface area (Å²) in [7, 11) is 0. The molecular formula is C21H28Cl2N2O. The predicted molar refractivity (Wildman–Crippen MR) is 110 cm³/mol. The van der Waals surface area contributed by atoms with Gasteiger partial charge in [0, 0.05) is 10.6 Å². The van der Waals surface area contributed by atoms with Crippen LogP contribution in [0.2, 0.25) is 10.0 Å². The van der Waals surface area contributed by atoms with Crippen LogP contribution in [0.3, 0.4) is 0 Å². The summed E-state index contributed by atoms with van der Waals surface area (Å²) in [6.45, 7) is 12.8. The highest BCUT2D eigenvalue weighted by Crippen LogP contribution is 2.33. The van der Waals surface area contributed by atoms with E-state index in [-0.39, 0.29) is 6.10 Å². The zero-order chi connectivity index (χ0) is 19.4.